The summed E-state index contributed by atoms with van der Waals surface area (Å²) in [5, 5.41) is 15.0. The standard InChI is InChI=1S/C30H40N2O6/c1-19-12-11-16-29(3,4)23(19)15-8-9-17-30(5)26(28(34)38-7)25(24(20(2)31-30)27(33)37-6)21-13-10-14-22(18-21)32(35)36/h8,10,13-15,18,25-26,31H,9,11-12,16-17H2,1-7H3. The molecule has 0 saturated heterocycles. The van der Waals surface area contributed by atoms with E-state index >= 15 is 0 Å². The van der Waals surface area contributed by atoms with Crippen LogP contribution in [0.4, 0.5) is 5.69 Å². The molecule has 1 heterocycles. The number of nitrogens with zero attached hydrogens (tertiary/aromatic N) is 1. The summed E-state index contributed by atoms with van der Waals surface area (Å²) in [4.78, 5) is 37.4. The predicted octanol–water partition coefficient (Wildman–Crippen LogP) is 6.14. The molecular weight excluding hydrogens is 484 g/mol. The Kier molecular flexibility index (Phi) is 8.85. The van der Waals surface area contributed by atoms with Crippen LogP contribution in [-0.4, -0.2) is 36.6 Å². The molecule has 1 aliphatic heterocycles. The van der Waals surface area contributed by atoms with Crippen LogP contribution in [0.3, 0.4) is 0 Å². The van der Waals surface area contributed by atoms with E-state index in [0.717, 1.165) is 12.8 Å². The van der Waals surface area contributed by atoms with Crippen molar-refractivity contribution in [2.75, 3.05) is 14.2 Å². The third kappa shape index (κ3) is 5.84. The first-order valence-electron chi connectivity index (χ1n) is 13.1. The normalized spacial score (nSPS) is 25.2. The maximum atomic E-state index is 13.4. The van der Waals surface area contributed by atoms with Crippen molar-refractivity contribution in [1.82, 2.24) is 5.32 Å². The zero-order valence-electron chi connectivity index (χ0n) is 23.6. The highest BCUT2D eigenvalue weighted by molar-refractivity contribution is 5.93. The van der Waals surface area contributed by atoms with Crippen molar-refractivity contribution in [3.05, 3.63) is 74.5 Å². The van der Waals surface area contributed by atoms with Crippen molar-refractivity contribution < 1.29 is 24.0 Å². The van der Waals surface area contributed by atoms with Gasteiger partial charge in [0.1, 0.15) is 0 Å². The Morgan fingerprint density at radius 1 is 1.18 bits per heavy atom. The molecule has 3 rings (SSSR count). The van der Waals surface area contributed by atoms with Crippen LogP contribution < -0.4 is 5.32 Å². The molecule has 38 heavy (non-hydrogen) atoms. The monoisotopic (exact) mass is 524 g/mol. The van der Waals surface area contributed by atoms with Gasteiger partial charge in [0.25, 0.3) is 5.69 Å². The summed E-state index contributed by atoms with van der Waals surface area (Å²) >= 11 is 0. The fourth-order valence-corrected chi connectivity index (χ4v) is 6.26. The summed E-state index contributed by atoms with van der Waals surface area (Å²) in [6.45, 7) is 10.5. The quantitative estimate of drug-likeness (QED) is 0.247. The number of benzene rings is 1. The molecule has 1 aromatic rings. The number of allylic oxidation sites excluding steroid dienone is 5. The van der Waals surface area contributed by atoms with Crippen LogP contribution in [0.1, 0.15) is 78.2 Å². The molecule has 3 atom stereocenters. The summed E-state index contributed by atoms with van der Waals surface area (Å²) in [5.41, 5.74) is 3.33. The van der Waals surface area contributed by atoms with Crippen LogP contribution in [0.15, 0.2) is 58.8 Å². The lowest BCUT2D eigenvalue weighted by atomic mass is 9.66. The number of hydrogen-bond donors (Lipinski definition) is 1. The van der Waals surface area contributed by atoms with Gasteiger partial charge in [-0.3, -0.25) is 14.9 Å². The SMILES string of the molecule is COC(=O)C1=C(C)NC(C)(CCC=CC2=C(C)CCCC2(C)C)C(C(=O)OC)C1c1cccc([N+](=O)[O-])c1. The molecule has 0 spiro atoms. The van der Waals surface area contributed by atoms with E-state index in [0.29, 0.717) is 24.1 Å². The number of ether oxygens (including phenoxy) is 2. The third-order valence-corrected chi connectivity index (χ3v) is 8.17. The van der Waals surface area contributed by atoms with E-state index in [2.05, 4.69) is 38.2 Å². The Morgan fingerprint density at radius 2 is 1.89 bits per heavy atom. The molecule has 0 bridgehead atoms. The van der Waals surface area contributed by atoms with Gasteiger partial charge in [0.05, 0.1) is 30.6 Å². The summed E-state index contributed by atoms with van der Waals surface area (Å²) in [7, 11) is 2.60. The molecule has 2 aliphatic rings. The van der Waals surface area contributed by atoms with E-state index in [-0.39, 0.29) is 16.7 Å². The van der Waals surface area contributed by atoms with Crippen LogP contribution in [0.2, 0.25) is 0 Å². The van der Waals surface area contributed by atoms with E-state index < -0.39 is 34.2 Å². The topological polar surface area (TPSA) is 108 Å². The Labute approximate surface area is 225 Å². The number of carbonyl (C=O) groups excluding carboxylic acids is 2. The van der Waals surface area contributed by atoms with Crippen molar-refractivity contribution in [2.45, 2.75) is 78.2 Å². The maximum absolute atomic E-state index is 13.4. The van der Waals surface area contributed by atoms with Gasteiger partial charge in [0.2, 0.25) is 0 Å². The summed E-state index contributed by atoms with van der Waals surface area (Å²) in [6, 6.07) is 6.08. The largest absolute Gasteiger partial charge is 0.469 e. The van der Waals surface area contributed by atoms with Gasteiger partial charge in [-0.25, -0.2) is 4.79 Å². The molecular formula is C30H40N2O6. The molecule has 1 aromatic carbocycles. The highest BCUT2D eigenvalue weighted by Crippen LogP contribution is 2.47. The molecule has 8 nitrogen and oxygen atoms in total. The number of nitro benzene ring substituents is 1. The molecule has 0 saturated carbocycles. The van der Waals surface area contributed by atoms with Crippen LogP contribution >= 0.6 is 0 Å². The fraction of sp³-hybridized carbons (Fsp3) is 0.533. The molecule has 0 amide bonds. The number of rotatable bonds is 8. The minimum absolute atomic E-state index is 0.116. The molecule has 1 N–H and O–H groups in total. The summed E-state index contributed by atoms with van der Waals surface area (Å²) < 4.78 is 10.3. The van der Waals surface area contributed by atoms with Crippen LogP contribution in [0, 0.1) is 21.4 Å². The van der Waals surface area contributed by atoms with Crippen LogP contribution in [0.5, 0.6) is 0 Å². The molecule has 3 unspecified atom stereocenters. The van der Waals surface area contributed by atoms with E-state index in [4.69, 9.17) is 9.47 Å². The van der Waals surface area contributed by atoms with Crippen molar-refractivity contribution in [3.8, 4) is 0 Å². The maximum Gasteiger partial charge on any atom is 0.336 e. The van der Waals surface area contributed by atoms with Crippen molar-refractivity contribution in [3.63, 3.8) is 0 Å². The number of non-ortho nitro benzene ring substituents is 1. The van der Waals surface area contributed by atoms with Gasteiger partial charge in [-0.05, 0) is 69.4 Å². The zero-order chi connectivity index (χ0) is 28.3. The Bertz CT molecular complexity index is 1190. The number of nitrogens with one attached hydrogen (secondary N) is 1. The van der Waals surface area contributed by atoms with Gasteiger partial charge >= 0.3 is 11.9 Å². The number of esters is 2. The number of carbonyl (C=O) groups is 2. The van der Waals surface area contributed by atoms with Crippen molar-refractivity contribution in [1.29, 1.82) is 0 Å². The molecule has 0 aromatic heterocycles. The second kappa shape index (κ2) is 11.5. The predicted molar refractivity (Wildman–Crippen MR) is 146 cm³/mol. The third-order valence-electron chi connectivity index (χ3n) is 8.17. The van der Waals surface area contributed by atoms with Crippen molar-refractivity contribution in [2.24, 2.45) is 11.3 Å². The average molecular weight is 525 g/mol. The number of nitro groups is 1. The first-order chi connectivity index (χ1) is 17.9. The van der Waals surface area contributed by atoms with Gasteiger partial charge in [-0.1, -0.05) is 43.7 Å². The minimum Gasteiger partial charge on any atom is -0.469 e. The first kappa shape index (κ1) is 29.1. The number of methoxy groups -OCH3 is 2. The molecule has 206 valence electrons. The minimum atomic E-state index is -0.826. The smallest absolute Gasteiger partial charge is 0.336 e. The fourth-order valence-electron chi connectivity index (χ4n) is 6.26. The lowest BCUT2D eigenvalue weighted by molar-refractivity contribution is -0.384. The number of hydrogen-bond acceptors (Lipinski definition) is 7. The highest BCUT2D eigenvalue weighted by atomic mass is 16.6. The van der Waals surface area contributed by atoms with Gasteiger partial charge in [-0.2, -0.15) is 0 Å². The lowest BCUT2D eigenvalue weighted by Gasteiger charge is -2.46. The summed E-state index contributed by atoms with van der Waals surface area (Å²) in [5.74, 6) is -2.70. The second-order valence-electron chi connectivity index (χ2n) is 11.3. The van der Waals surface area contributed by atoms with Gasteiger partial charge in [0.15, 0.2) is 0 Å². The van der Waals surface area contributed by atoms with Crippen molar-refractivity contribution >= 4 is 17.6 Å². The molecule has 0 radical (unpaired) electrons. The average Bonchev–Trinajstić information content (AvgIpc) is 2.86. The van der Waals surface area contributed by atoms with E-state index in [9.17, 15) is 19.7 Å². The Hall–Kier alpha value is -3.42. The van der Waals surface area contributed by atoms with E-state index in [1.54, 1.807) is 19.1 Å². The molecule has 0 fully saturated rings. The molecule has 8 heteroatoms. The van der Waals surface area contributed by atoms with Gasteiger partial charge in [0, 0.05) is 29.3 Å². The Morgan fingerprint density at radius 3 is 2.50 bits per heavy atom. The van der Waals surface area contributed by atoms with E-state index in [1.165, 1.54) is 43.9 Å². The van der Waals surface area contributed by atoms with Gasteiger partial charge in [-0.15, -0.1) is 0 Å². The zero-order valence-corrected chi connectivity index (χ0v) is 23.6. The van der Waals surface area contributed by atoms with Crippen LogP contribution in [-0.2, 0) is 19.1 Å². The second-order valence-corrected chi connectivity index (χ2v) is 11.3. The van der Waals surface area contributed by atoms with E-state index in [1.807, 2.05) is 6.92 Å². The first-order valence-corrected chi connectivity index (χ1v) is 13.1. The lowest BCUT2D eigenvalue weighted by Crippen LogP contribution is -2.57. The summed E-state index contributed by atoms with van der Waals surface area (Å²) in [6.07, 6.45) is 9.10. The highest BCUT2D eigenvalue weighted by Gasteiger charge is 2.51. The molecule has 1 aliphatic carbocycles. The Balaban J connectivity index is 2.04. The van der Waals surface area contributed by atoms with Gasteiger partial charge < -0.3 is 14.8 Å². The van der Waals surface area contributed by atoms with Crippen LogP contribution in [0.25, 0.3) is 0 Å².